The van der Waals surface area contributed by atoms with Gasteiger partial charge in [-0.25, -0.2) is 0 Å². The van der Waals surface area contributed by atoms with Gasteiger partial charge in [-0.1, -0.05) is 11.6 Å². The molecule has 0 atom stereocenters. The van der Waals surface area contributed by atoms with E-state index in [9.17, 15) is 13.2 Å². The Hall–Kier alpha value is -0.900. The molecule has 1 aromatic carbocycles. The first-order valence-corrected chi connectivity index (χ1v) is 4.91. The van der Waals surface area contributed by atoms with Crippen LogP contribution in [0, 0.1) is 0 Å². The molecule has 0 spiro atoms. The number of alkyl halides is 3. The minimum absolute atomic E-state index is 0.0755. The van der Waals surface area contributed by atoms with E-state index in [-0.39, 0.29) is 6.42 Å². The van der Waals surface area contributed by atoms with Gasteiger partial charge in [0.1, 0.15) is 0 Å². The van der Waals surface area contributed by atoms with Crippen molar-refractivity contribution in [1.29, 1.82) is 0 Å². The van der Waals surface area contributed by atoms with Crippen LogP contribution in [0.15, 0.2) is 24.3 Å². The fourth-order valence-electron chi connectivity index (χ4n) is 1.09. The standard InChI is InChI=1S/C10H11ClF3N/c11-8-2-4-9(5-3-8)15-7-1-6-10(12,13)14/h2-5,15H,1,6-7H2. The number of halogens is 4. The lowest BCUT2D eigenvalue weighted by Gasteiger charge is -2.08. The van der Waals surface area contributed by atoms with Crippen molar-refractivity contribution in [3.05, 3.63) is 29.3 Å². The van der Waals surface area contributed by atoms with E-state index in [4.69, 9.17) is 11.6 Å². The summed E-state index contributed by atoms with van der Waals surface area (Å²) in [6.45, 7) is 0.307. The smallest absolute Gasteiger partial charge is 0.385 e. The van der Waals surface area contributed by atoms with Crippen molar-refractivity contribution in [1.82, 2.24) is 0 Å². The molecule has 0 aliphatic carbocycles. The molecule has 0 unspecified atom stereocenters. The van der Waals surface area contributed by atoms with Gasteiger partial charge < -0.3 is 5.32 Å². The second kappa shape index (κ2) is 5.26. The maximum absolute atomic E-state index is 11.8. The topological polar surface area (TPSA) is 12.0 Å². The highest BCUT2D eigenvalue weighted by Gasteiger charge is 2.25. The fraction of sp³-hybridized carbons (Fsp3) is 0.400. The van der Waals surface area contributed by atoms with Gasteiger partial charge in [-0.15, -0.1) is 0 Å². The van der Waals surface area contributed by atoms with Crippen LogP contribution >= 0.6 is 11.6 Å². The van der Waals surface area contributed by atoms with Crippen LogP contribution in [0.4, 0.5) is 18.9 Å². The highest BCUT2D eigenvalue weighted by atomic mass is 35.5. The van der Waals surface area contributed by atoms with E-state index < -0.39 is 12.6 Å². The van der Waals surface area contributed by atoms with E-state index >= 15 is 0 Å². The van der Waals surface area contributed by atoms with E-state index in [1.165, 1.54) is 0 Å². The maximum atomic E-state index is 11.8. The summed E-state index contributed by atoms with van der Waals surface area (Å²) >= 11 is 5.66. The zero-order valence-corrected chi connectivity index (χ0v) is 8.70. The third-order valence-electron chi connectivity index (χ3n) is 1.81. The molecule has 1 rings (SSSR count). The molecule has 84 valence electrons. The lowest BCUT2D eigenvalue weighted by Crippen LogP contribution is -2.10. The fourth-order valence-corrected chi connectivity index (χ4v) is 1.22. The second-order valence-corrected chi connectivity index (χ2v) is 3.59. The molecule has 0 fully saturated rings. The van der Waals surface area contributed by atoms with Crippen molar-refractivity contribution in [3.8, 4) is 0 Å². The lowest BCUT2D eigenvalue weighted by atomic mass is 10.3. The van der Waals surface area contributed by atoms with Gasteiger partial charge in [0.05, 0.1) is 0 Å². The van der Waals surface area contributed by atoms with E-state index in [2.05, 4.69) is 5.32 Å². The Morgan fingerprint density at radius 3 is 2.27 bits per heavy atom. The Labute approximate surface area is 91.2 Å². The molecule has 0 aromatic heterocycles. The van der Waals surface area contributed by atoms with Crippen LogP contribution in [0.5, 0.6) is 0 Å². The van der Waals surface area contributed by atoms with E-state index in [0.717, 1.165) is 5.69 Å². The molecule has 5 heteroatoms. The number of nitrogens with one attached hydrogen (secondary N) is 1. The molecule has 1 aromatic rings. The average molecular weight is 238 g/mol. The summed E-state index contributed by atoms with van der Waals surface area (Å²) in [6.07, 6.45) is -4.75. The highest BCUT2D eigenvalue weighted by Crippen LogP contribution is 2.21. The Kier molecular flexibility index (Phi) is 4.27. The van der Waals surface area contributed by atoms with Crippen LogP contribution < -0.4 is 5.32 Å². The summed E-state index contributed by atoms with van der Waals surface area (Å²) in [5.41, 5.74) is 0.779. The number of anilines is 1. The van der Waals surface area contributed by atoms with Gasteiger partial charge in [0, 0.05) is 23.7 Å². The molecule has 15 heavy (non-hydrogen) atoms. The highest BCUT2D eigenvalue weighted by molar-refractivity contribution is 6.30. The summed E-state index contributed by atoms with van der Waals surface area (Å²) in [4.78, 5) is 0. The minimum atomic E-state index is -4.07. The molecule has 0 amide bonds. The number of benzene rings is 1. The third-order valence-corrected chi connectivity index (χ3v) is 2.06. The Morgan fingerprint density at radius 1 is 1.13 bits per heavy atom. The second-order valence-electron chi connectivity index (χ2n) is 3.15. The van der Waals surface area contributed by atoms with Crippen molar-refractivity contribution in [3.63, 3.8) is 0 Å². The molecular weight excluding hydrogens is 227 g/mol. The quantitative estimate of drug-likeness (QED) is 0.778. The van der Waals surface area contributed by atoms with Crippen LogP contribution in [0.1, 0.15) is 12.8 Å². The Morgan fingerprint density at radius 2 is 1.73 bits per heavy atom. The largest absolute Gasteiger partial charge is 0.389 e. The lowest BCUT2D eigenvalue weighted by molar-refractivity contribution is -0.134. The maximum Gasteiger partial charge on any atom is 0.389 e. The molecule has 0 radical (unpaired) electrons. The van der Waals surface area contributed by atoms with Gasteiger partial charge in [0.2, 0.25) is 0 Å². The molecule has 0 aliphatic rings. The summed E-state index contributed by atoms with van der Waals surface area (Å²) in [5.74, 6) is 0. The zero-order valence-electron chi connectivity index (χ0n) is 7.94. The predicted molar refractivity (Wildman–Crippen MR) is 55.2 cm³/mol. The zero-order chi connectivity index (χ0) is 11.3. The molecule has 0 saturated heterocycles. The molecular formula is C10H11ClF3N. The molecule has 0 aliphatic heterocycles. The predicted octanol–water partition coefficient (Wildman–Crippen LogP) is 4.09. The van der Waals surface area contributed by atoms with Crippen LogP contribution in [0.3, 0.4) is 0 Å². The van der Waals surface area contributed by atoms with E-state index in [1.807, 2.05) is 0 Å². The Balaban J connectivity index is 2.23. The van der Waals surface area contributed by atoms with Crippen LogP contribution in [0.2, 0.25) is 5.02 Å². The third kappa shape index (κ3) is 5.52. The minimum Gasteiger partial charge on any atom is -0.385 e. The number of hydrogen-bond acceptors (Lipinski definition) is 1. The first-order valence-electron chi connectivity index (χ1n) is 4.53. The van der Waals surface area contributed by atoms with Gasteiger partial charge in [0.15, 0.2) is 0 Å². The summed E-state index contributed by atoms with van der Waals surface area (Å²) in [5, 5.41) is 3.49. The van der Waals surface area contributed by atoms with Crippen molar-refractivity contribution >= 4 is 17.3 Å². The van der Waals surface area contributed by atoms with Crippen molar-refractivity contribution in [2.45, 2.75) is 19.0 Å². The monoisotopic (exact) mass is 237 g/mol. The SMILES string of the molecule is FC(F)(F)CCCNc1ccc(Cl)cc1. The summed E-state index contributed by atoms with van der Waals surface area (Å²) < 4.78 is 35.4. The van der Waals surface area contributed by atoms with E-state index in [1.54, 1.807) is 24.3 Å². The van der Waals surface area contributed by atoms with Crippen molar-refractivity contribution in [2.75, 3.05) is 11.9 Å². The van der Waals surface area contributed by atoms with Crippen molar-refractivity contribution in [2.24, 2.45) is 0 Å². The van der Waals surface area contributed by atoms with E-state index in [0.29, 0.717) is 11.6 Å². The average Bonchev–Trinajstić information content (AvgIpc) is 2.14. The Bertz CT molecular complexity index is 295. The molecule has 0 saturated carbocycles. The number of rotatable bonds is 4. The summed E-state index contributed by atoms with van der Waals surface area (Å²) in [6, 6.07) is 6.84. The van der Waals surface area contributed by atoms with Gasteiger partial charge in [0.25, 0.3) is 0 Å². The number of hydrogen-bond donors (Lipinski definition) is 1. The van der Waals surface area contributed by atoms with Crippen molar-refractivity contribution < 1.29 is 13.2 Å². The van der Waals surface area contributed by atoms with Crippen LogP contribution in [0.25, 0.3) is 0 Å². The molecule has 1 nitrogen and oxygen atoms in total. The van der Waals surface area contributed by atoms with Gasteiger partial charge in [-0.05, 0) is 30.7 Å². The van der Waals surface area contributed by atoms with Gasteiger partial charge >= 0.3 is 6.18 Å². The van der Waals surface area contributed by atoms with Crippen LogP contribution in [-0.2, 0) is 0 Å². The molecule has 0 heterocycles. The van der Waals surface area contributed by atoms with Crippen LogP contribution in [-0.4, -0.2) is 12.7 Å². The summed E-state index contributed by atoms with van der Waals surface area (Å²) in [7, 11) is 0. The first-order chi connectivity index (χ1) is 6.97. The van der Waals surface area contributed by atoms with Gasteiger partial charge in [-0.2, -0.15) is 13.2 Å². The van der Waals surface area contributed by atoms with Gasteiger partial charge in [-0.3, -0.25) is 0 Å². The molecule has 1 N–H and O–H groups in total. The first kappa shape index (κ1) is 12.2. The normalized spacial score (nSPS) is 11.5. The molecule has 0 bridgehead atoms.